The second kappa shape index (κ2) is 3.13. The van der Waals surface area contributed by atoms with Gasteiger partial charge in [-0.2, -0.15) is 0 Å². The van der Waals surface area contributed by atoms with Gasteiger partial charge in [0.15, 0.2) is 5.78 Å². The van der Waals surface area contributed by atoms with Crippen molar-refractivity contribution in [2.24, 2.45) is 5.92 Å². The van der Waals surface area contributed by atoms with E-state index >= 15 is 0 Å². The van der Waals surface area contributed by atoms with Crippen molar-refractivity contribution < 1.29 is 4.79 Å². The fraction of sp³-hybridized carbons (Fsp3) is 0.583. The molecule has 0 heterocycles. The zero-order chi connectivity index (χ0) is 9.42. The third kappa shape index (κ3) is 1.37. The van der Waals surface area contributed by atoms with Crippen LogP contribution in [0.1, 0.15) is 39.5 Å². The summed E-state index contributed by atoms with van der Waals surface area (Å²) in [6.45, 7) is 4.29. The average Bonchev–Trinajstić information content (AvgIpc) is 2.40. The molecule has 0 aromatic carbocycles. The van der Waals surface area contributed by atoms with E-state index in [4.69, 9.17) is 0 Å². The zero-order valence-electron chi connectivity index (χ0n) is 8.39. The van der Waals surface area contributed by atoms with Crippen LogP contribution in [0.3, 0.4) is 0 Å². The van der Waals surface area contributed by atoms with E-state index in [1.54, 1.807) is 0 Å². The summed E-state index contributed by atoms with van der Waals surface area (Å²) in [5.41, 5.74) is 3.90. The van der Waals surface area contributed by atoms with Gasteiger partial charge >= 0.3 is 0 Å². The van der Waals surface area contributed by atoms with Gasteiger partial charge in [-0.05, 0) is 33.1 Å². The standard InChI is InChI=1S/C12H16O/c1-8-4-3-5-11(13)12-9(2)6-7-10(8)12/h4,10H,3,5-7H2,1-2H3. The quantitative estimate of drug-likeness (QED) is 0.518. The Bertz CT molecular complexity index is 307. The molecule has 0 spiro atoms. The third-order valence-electron chi connectivity index (χ3n) is 3.30. The van der Waals surface area contributed by atoms with Crippen LogP contribution in [-0.4, -0.2) is 5.78 Å². The summed E-state index contributed by atoms with van der Waals surface area (Å²) in [4.78, 5) is 11.8. The Balaban J connectivity index is 2.42. The summed E-state index contributed by atoms with van der Waals surface area (Å²) in [6, 6.07) is 0. The Morgan fingerprint density at radius 1 is 1.31 bits per heavy atom. The second-order valence-corrected chi connectivity index (χ2v) is 4.20. The minimum atomic E-state index is 0.396. The number of fused-ring (bicyclic) bond motifs is 1. The van der Waals surface area contributed by atoms with E-state index in [1.807, 2.05) is 0 Å². The molecule has 1 nitrogen and oxygen atoms in total. The van der Waals surface area contributed by atoms with E-state index in [2.05, 4.69) is 19.9 Å². The largest absolute Gasteiger partial charge is 0.295 e. The molecule has 0 radical (unpaired) electrons. The van der Waals surface area contributed by atoms with Crippen molar-refractivity contribution in [1.29, 1.82) is 0 Å². The highest BCUT2D eigenvalue weighted by molar-refractivity contribution is 5.98. The summed E-state index contributed by atoms with van der Waals surface area (Å²) >= 11 is 0. The van der Waals surface area contributed by atoms with Crippen LogP contribution in [0.15, 0.2) is 22.8 Å². The first-order valence-corrected chi connectivity index (χ1v) is 5.09. The molecule has 0 bridgehead atoms. The van der Waals surface area contributed by atoms with Crippen LogP contribution in [-0.2, 0) is 4.79 Å². The van der Waals surface area contributed by atoms with Crippen molar-refractivity contribution in [2.75, 3.05) is 0 Å². The minimum absolute atomic E-state index is 0.396. The Morgan fingerprint density at radius 2 is 2.08 bits per heavy atom. The summed E-state index contributed by atoms with van der Waals surface area (Å²) in [6.07, 6.45) is 6.19. The zero-order valence-corrected chi connectivity index (χ0v) is 8.39. The van der Waals surface area contributed by atoms with Gasteiger partial charge in [0, 0.05) is 17.9 Å². The smallest absolute Gasteiger partial charge is 0.159 e. The molecule has 0 aliphatic heterocycles. The van der Waals surface area contributed by atoms with Crippen LogP contribution in [0.2, 0.25) is 0 Å². The molecule has 2 aliphatic carbocycles. The molecule has 70 valence electrons. The van der Waals surface area contributed by atoms with E-state index < -0.39 is 0 Å². The van der Waals surface area contributed by atoms with Crippen molar-refractivity contribution in [3.63, 3.8) is 0 Å². The highest BCUT2D eigenvalue weighted by atomic mass is 16.1. The Labute approximate surface area is 79.5 Å². The summed E-state index contributed by atoms with van der Waals surface area (Å²) in [7, 11) is 0. The van der Waals surface area contributed by atoms with Crippen molar-refractivity contribution in [3.05, 3.63) is 22.8 Å². The second-order valence-electron chi connectivity index (χ2n) is 4.20. The predicted molar refractivity (Wildman–Crippen MR) is 53.4 cm³/mol. The molecule has 0 aromatic rings. The molecule has 13 heavy (non-hydrogen) atoms. The van der Waals surface area contributed by atoms with E-state index in [9.17, 15) is 4.79 Å². The third-order valence-corrected chi connectivity index (χ3v) is 3.30. The molecule has 0 saturated heterocycles. The van der Waals surface area contributed by atoms with Crippen molar-refractivity contribution >= 4 is 5.78 Å². The number of carbonyl (C=O) groups is 1. The highest BCUT2D eigenvalue weighted by Gasteiger charge is 2.30. The summed E-state index contributed by atoms with van der Waals surface area (Å²) < 4.78 is 0. The van der Waals surface area contributed by atoms with Crippen molar-refractivity contribution in [1.82, 2.24) is 0 Å². The van der Waals surface area contributed by atoms with Crippen LogP contribution in [0.25, 0.3) is 0 Å². The molecule has 0 aromatic heterocycles. The van der Waals surface area contributed by atoms with Crippen LogP contribution < -0.4 is 0 Å². The first-order chi connectivity index (χ1) is 6.20. The molecule has 1 heteroatoms. The van der Waals surface area contributed by atoms with Crippen molar-refractivity contribution in [3.8, 4) is 0 Å². The average molecular weight is 176 g/mol. The number of rotatable bonds is 0. The molecule has 1 unspecified atom stereocenters. The molecule has 2 aliphatic rings. The fourth-order valence-corrected chi connectivity index (χ4v) is 2.53. The van der Waals surface area contributed by atoms with Gasteiger partial charge in [-0.1, -0.05) is 17.2 Å². The first-order valence-electron chi connectivity index (χ1n) is 5.09. The molecule has 2 rings (SSSR count). The number of carbonyl (C=O) groups excluding carboxylic acids is 1. The molecular weight excluding hydrogens is 160 g/mol. The molecule has 0 N–H and O–H groups in total. The van der Waals surface area contributed by atoms with Crippen molar-refractivity contribution in [2.45, 2.75) is 39.5 Å². The van der Waals surface area contributed by atoms with Gasteiger partial charge < -0.3 is 0 Å². The molecular formula is C12H16O. The van der Waals surface area contributed by atoms with Gasteiger partial charge in [0.05, 0.1) is 0 Å². The molecule has 1 atom stereocenters. The van der Waals surface area contributed by atoms with Gasteiger partial charge in [-0.15, -0.1) is 0 Å². The normalized spacial score (nSPS) is 28.6. The lowest BCUT2D eigenvalue weighted by Gasteiger charge is -2.11. The first kappa shape index (κ1) is 8.74. The monoisotopic (exact) mass is 176 g/mol. The van der Waals surface area contributed by atoms with Crippen LogP contribution in [0.5, 0.6) is 0 Å². The maximum Gasteiger partial charge on any atom is 0.159 e. The van der Waals surface area contributed by atoms with Crippen LogP contribution in [0, 0.1) is 5.92 Å². The SMILES string of the molecule is CC1=CCCC(=O)C2=C(C)CCC12. The molecule has 0 saturated carbocycles. The molecule has 0 fully saturated rings. The Kier molecular flexibility index (Phi) is 2.10. The lowest BCUT2D eigenvalue weighted by Crippen LogP contribution is -2.08. The lowest BCUT2D eigenvalue weighted by molar-refractivity contribution is -0.115. The Morgan fingerprint density at radius 3 is 2.85 bits per heavy atom. The topological polar surface area (TPSA) is 17.1 Å². The number of allylic oxidation sites excluding steroid dienone is 4. The predicted octanol–water partition coefficient (Wildman–Crippen LogP) is 3.02. The van der Waals surface area contributed by atoms with Gasteiger partial charge in [-0.3, -0.25) is 4.79 Å². The number of ketones is 1. The number of hydrogen-bond acceptors (Lipinski definition) is 1. The van der Waals surface area contributed by atoms with Crippen LogP contribution >= 0.6 is 0 Å². The number of Topliss-reactive ketones (excluding diaryl/α,β-unsaturated/α-hetero) is 1. The van der Waals surface area contributed by atoms with Gasteiger partial charge in [0.25, 0.3) is 0 Å². The lowest BCUT2D eigenvalue weighted by atomic mass is 9.92. The van der Waals surface area contributed by atoms with Gasteiger partial charge in [0.2, 0.25) is 0 Å². The summed E-state index contributed by atoms with van der Waals surface area (Å²) in [5.74, 6) is 0.864. The fourth-order valence-electron chi connectivity index (χ4n) is 2.53. The van der Waals surface area contributed by atoms with E-state index in [-0.39, 0.29) is 0 Å². The van der Waals surface area contributed by atoms with E-state index in [1.165, 1.54) is 11.1 Å². The number of hydrogen-bond donors (Lipinski definition) is 0. The summed E-state index contributed by atoms with van der Waals surface area (Å²) in [5, 5.41) is 0. The Hall–Kier alpha value is -0.850. The van der Waals surface area contributed by atoms with E-state index in [0.29, 0.717) is 11.7 Å². The molecule has 0 amide bonds. The maximum atomic E-state index is 11.8. The van der Waals surface area contributed by atoms with E-state index in [0.717, 1.165) is 31.3 Å². The van der Waals surface area contributed by atoms with Gasteiger partial charge in [0.1, 0.15) is 0 Å². The maximum absolute atomic E-state index is 11.8. The van der Waals surface area contributed by atoms with Crippen LogP contribution in [0.4, 0.5) is 0 Å². The highest BCUT2D eigenvalue weighted by Crippen LogP contribution is 2.39. The van der Waals surface area contributed by atoms with Gasteiger partial charge in [-0.25, -0.2) is 0 Å². The minimum Gasteiger partial charge on any atom is -0.295 e.